The lowest BCUT2D eigenvalue weighted by atomic mass is 10.0. The second kappa shape index (κ2) is 11.6. The summed E-state index contributed by atoms with van der Waals surface area (Å²) in [5, 5.41) is 12.7. The first-order valence-electron chi connectivity index (χ1n) is 11.7. The topological polar surface area (TPSA) is 82.1 Å². The quantitative estimate of drug-likeness (QED) is 0.558. The molecule has 0 radical (unpaired) electrons. The van der Waals surface area contributed by atoms with Gasteiger partial charge in [-0.05, 0) is 47.4 Å². The first-order chi connectivity index (χ1) is 16.6. The summed E-state index contributed by atoms with van der Waals surface area (Å²) < 4.78 is 5.98. The van der Waals surface area contributed by atoms with Crippen LogP contribution in [0, 0.1) is 0 Å². The fourth-order valence-corrected chi connectivity index (χ4v) is 4.19. The Morgan fingerprint density at radius 1 is 1.12 bits per heavy atom. The van der Waals surface area contributed by atoms with Gasteiger partial charge in [-0.3, -0.25) is 9.59 Å². The third-order valence-electron chi connectivity index (χ3n) is 6.01. The van der Waals surface area contributed by atoms with E-state index in [1.807, 2.05) is 54.6 Å². The summed E-state index contributed by atoms with van der Waals surface area (Å²) in [4.78, 5) is 28.6. The lowest BCUT2D eigenvalue weighted by Crippen LogP contribution is -2.43. The summed E-state index contributed by atoms with van der Waals surface area (Å²) in [5.74, 6) is -0.606. The van der Waals surface area contributed by atoms with Gasteiger partial charge in [-0.1, -0.05) is 36.4 Å². The predicted octanol–water partition coefficient (Wildman–Crippen LogP) is 3.23. The molecule has 2 N–H and O–H groups in total. The molecule has 2 aliphatic rings. The molecule has 2 aliphatic heterocycles. The molecule has 7 nitrogen and oxygen atoms in total. The number of aliphatic carboxylic acids is 1. The average Bonchev–Trinajstić information content (AvgIpc) is 2.97. The van der Waals surface area contributed by atoms with Gasteiger partial charge in [0.05, 0.1) is 19.6 Å². The number of nitrogens with one attached hydrogen (secondary N) is 1. The van der Waals surface area contributed by atoms with E-state index in [0.29, 0.717) is 13.2 Å². The molecule has 0 spiro atoms. The van der Waals surface area contributed by atoms with Crippen LogP contribution >= 0.6 is 0 Å². The zero-order valence-corrected chi connectivity index (χ0v) is 19.3. The van der Waals surface area contributed by atoms with E-state index in [1.165, 1.54) is 0 Å². The van der Waals surface area contributed by atoms with Crippen molar-refractivity contribution in [3.63, 3.8) is 0 Å². The molecule has 0 bridgehead atoms. The van der Waals surface area contributed by atoms with Crippen molar-refractivity contribution in [2.24, 2.45) is 0 Å². The number of ether oxygens (including phenoxy) is 1. The van der Waals surface area contributed by atoms with Crippen LogP contribution in [0.1, 0.15) is 29.5 Å². The number of amides is 1. The monoisotopic (exact) mass is 461 g/mol. The molecule has 2 aromatic rings. The fourth-order valence-electron chi connectivity index (χ4n) is 4.19. The van der Waals surface area contributed by atoms with Gasteiger partial charge in [-0.2, -0.15) is 0 Å². The molecule has 1 amide bonds. The van der Waals surface area contributed by atoms with Gasteiger partial charge in [-0.25, -0.2) is 0 Å². The number of fused-ring (bicyclic) bond motifs is 1. The number of carboxylic acid groups (broad SMARTS) is 1. The van der Waals surface area contributed by atoms with Crippen molar-refractivity contribution in [1.82, 2.24) is 15.1 Å². The smallest absolute Gasteiger partial charge is 0.308 e. The van der Waals surface area contributed by atoms with E-state index >= 15 is 0 Å². The zero-order valence-electron chi connectivity index (χ0n) is 19.3. The Bertz CT molecular complexity index is 1060. The van der Waals surface area contributed by atoms with Gasteiger partial charge in [0, 0.05) is 44.5 Å². The minimum atomic E-state index is -1.03. The lowest BCUT2D eigenvalue weighted by Gasteiger charge is -2.27. The van der Waals surface area contributed by atoms with Crippen LogP contribution in [0.3, 0.4) is 0 Å². The van der Waals surface area contributed by atoms with Gasteiger partial charge in [-0.15, -0.1) is 0 Å². The Morgan fingerprint density at radius 2 is 1.91 bits per heavy atom. The number of rotatable bonds is 9. The molecule has 1 saturated heterocycles. The van der Waals surface area contributed by atoms with E-state index in [0.717, 1.165) is 61.6 Å². The van der Waals surface area contributed by atoms with Crippen LogP contribution in [0.25, 0.3) is 12.2 Å². The summed E-state index contributed by atoms with van der Waals surface area (Å²) in [6.07, 6.45) is 5.88. The average molecular weight is 462 g/mol. The first kappa shape index (κ1) is 23.7. The van der Waals surface area contributed by atoms with Gasteiger partial charge in [0.1, 0.15) is 5.75 Å². The number of carbonyl (C=O) groups excluding carboxylic acids is 1. The minimum Gasteiger partial charge on any atom is -0.494 e. The SMILES string of the molecule is O=C(O)CC1=Cc2cc(OCCCN3CCNCC3)ccc2CN(C=Cc2ccccc2)C1=O. The normalized spacial score (nSPS) is 16.8. The Balaban J connectivity index is 1.47. The summed E-state index contributed by atoms with van der Waals surface area (Å²) in [5.41, 5.74) is 2.98. The predicted molar refractivity (Wildman–Crippen MR) is 132 cm³/mol. The van der Waals surface area contributed by atoms with E-state index < -0.39 is 5.97 Å². The molecule has 0 unspecified atom stereocenters. The van der Waals surface area contributed by atoms with Crippen molar-refractivity contribution in [3.05, 3.63) is 77.0 Å². The molecular formula is C27H31N3O4. The van der Waals surface area contributed by atoms with Crippen LogP contribution in [0.5, 0.6) is 5.75 Å². The van der Waals surface area contributed by atoms with Crippen molar-refractivity contribution < 1.29 is 19.4 Å². The maximum atomic E-state index is 13.1. The summed E-state index contributed by atoms with van der Waals surface area (Å²) in [6.45, 7) is 6.19. The van der Waals surface area contributed by atoms with Gasteiger partial charge in [0.2, 0.25) is 0 Å². The third-order valence-corrected chi connectivity index (χ3v) is 6.01. The highest BCUT2D eigenvalue weighted by Crippen LogP contribution is 2.27. The number of nitrogens with zero attached hydrogens (tertiary/aromatic N) is 2. The number of carboxylic acids is 1. The van der Waals surface area contributed by atoms with Crippen molar-refractivity contribution in [2.75, 3.05) is 39.3 Å². The molecule has 1 fully saturated rings. The zero-order chi connectivity index (χ0) is 23.8. The van der Waals surface area contributed by atoms with E-state index in [4.69, 9.17) is 4.74 Å². The van der Waals surface area contributed by atoms with Gasteiger partial charge in [0.15, 0.2) is 0 Å². The van der Waals surface area contributed by atoms with E-state index in [2.05, 4.69) is 10.2 Å². The molecule has 0 saturated carbocycles. The number of hydrogen-bond acceptors (Lipinski definition) is 5. The molecule has 0 atom stereocenters. The Labute approximate surface area is 200 Å². The summed E-state index contributed by atoms with van der Waals surface area (Å²) >= 11 is 0. The number of piperazine rings is 1. The van der Waals surface area contributed by atoms with E-state index in [1.54, 1.807) is 17.2 Å². The molecule has 0 aliphatic carbocycles. The molecule has 2 heterocycles. The summed E-state index contributed by atoms with van der Waals surface area (Å²) in [7, 11) is 0. The first-order valence-corrected chi connectivity index (χ1v) is 11.7. The van der Waals surface area contributed by atoms with E-state index in [-0.39, 0.29) is 17.9 Å². The van der Waals surface area contributed by atoms with Gasteiger partial charge in [0.25, 0.3) is 5.91 Å². The van der Waals surface area contributed by atoms with E-state index in [9.17, 15) is 14.7 Å². The standard InChI is InChI=1S/C27H31N3O4/c31-26(32)19-24-17-23-18-25(34-16-4-12-29-14-10-28-11-15-29)8-7-22(23)20-30(27(24)33)13-9-21-5-2-1-3-6-21/h1-3,5-9,13,17-18,28H,4,10-12,14-16,19-20H2,(H,31,32). The molecule has 4 rings (SSSR count). The van der Waals surface area contributed by atoms with Crippen molar-refractivity contribution >= 4 is 24.0 Å². The highest BCUT2D eigenvalue weighted by molar-refractivity contribution is 6.03. The number of carbonyl (C=O) groups is 2. The third kappa shape index (κ3) is 6.56. The van der Waals surface area contributed by atoms with Crippen LogP contribution in [-0.2, 0) is 16.1 Å². The van der Waals surface area contributed by atoms with Gasteiger partial charge >= 0.3 is 5.97 Å². The minimum absolute atomic E-state index is 0.250. The second-order valence-electron chi connectivity index (χ2n) is 8.55. The number of hydrogen-bond donors (Lipinski definition) is 2. The van der Waals surface area contributed by atoms with Crippen LogP contribution in [-0.4, -0.2) is 66.1 Å². The molecule has 178 valence electrons. The summed E-state index contributed by atoms with van der Waals surface area (Å²) in [6, 6.07) is 15.5. The highest BCUT2D eigenvalue weighted by atomic mass is 16.5. The van der Waals surface area contributed by atoms with Crippen molar-refractivity contribution in [3.8, 4) is 5.75 Å². The molecule has 7 heteroatoms. The van der Waals surface area contributed by atoms with Crippen LogP contribution in [0.2, 0.25) is 0 Å². The maximum Gasteiger partial charge on any atom is 0.308 e. The largest absolute Gasteiger partial charge is 0.494 e. The highest BCUT2D eigenvalue weighted by Gasteiger charge is 2.24. The Kier molecular flexibility index (Phi) is 8.12. The molecule has 0 aromatic heterocycles. The molecule has 34 heavy (non-hydrogen) atoms. The maximum absolute atomic E-state index is 13.1. The second-order valence-corrected chi connectivity index (χ2v) is 8.55. The lowest BCUT2D eigenvalue weighted by molar-refractivity contribution is -0.137. The fraction of sp³-hybridized carbons (Fsp3) is 0.333. The van der Waals surface area contributed by atoms with Crippen molar-refractivity contribution in [1.29, 1.82) is 0 Å². The van der Waals surface area contributed by atoms with Crippen LogP contribution < -0.4 is 10.1 Å². The Hall–Kier alpha value is -3.42. The van der Waals surface area contributed by atoms with Crippen LogP contribution in [0.15, 0.2) is 60.3 Å². The molecule has 2 aromatic carbocycles. The van der Waals surface area contributed by atoms with Crippen molar-refractivity contribution in [2.45, 2.75) is 19.4 Å². The Morgan fingerprint density at radius 3 is 2.68 bits per heavy atom. The number of benzene rings is 2. The molecular weight excluding hydrogens is 430 g/mol. The van der Waals surface area contributed by atoms with Gasteiger partial charge < -0.3 is 25.0 Å². The van der Waals surface area contributed by atoms with Crippen LogP contribution in [0.4, 0.5) is 0 Å².